The van der Waals surface area contributed by atoms with Gasteiger partial charge in [0, 0.05) is 0 Å². The molecule has 1 atom stereocenters. The highest BCUT2D eigenvalue weighted by atomic mass is 32.2. The quantitative estimate of drug-likeness (QED) is 0.624. The molecule has 10 nitrogen and oxygen atoms in total. The molecule has 0 saturated heterocycles. The largest absolute Gasteiger partial charge is 0.300 e. The Kier molecular flexibility index (Phi) is 3.90. The first kappa shape index (κ1) is 14.0. The third-order valence-corrected chi connectivity index (χ3v) is 4.62. The smallest absolute Gasteiger partial charge is 0.236 e. The highest BCUT2D eigenvalue weighted by molar-refractivity contribution is 8.14. The number of carbonyl (C=O) groups is 1. The monoisotopic (exact) mass is 327 g/mol. The fraction of sp³-hybridized carbons (Fsp3) is 0.444. The van der Waals surface area contributed by atoms with Gasteiger partial charge in [-0.2, -0.15) is 10.2 Å². The minimum Gasteiger partial charge on any atom is -0.300 e. The summed E-state index contributed by atoms with van der Waals surface area (Å²) in [5, 5.41) is 21.9. The highest BCUT2D eigenvalue weighted by Gasteiger charge is 2.34. The summed E-state index contributed by atoms with van der Waals surface area (Å²) >= 11 is 2.66. The first-order chi connectivity index (χ1) is 10.2. The van der Waals surface area contributed by atoms with Crippen molar-refractivity contribution >= 4 is 45.6 Å². The van der Waals surface area contributed by atoms with E-state index in [0.717, 1.165) is 11.4 Å². The summed E-state index contributed by atoms with van der Waals surface area (Å²) in [4.78, 5) is 13.6. The Morgan fingerprint density at radius 2 is 2.48 bits per heavy atom. The van der Waals surface area contributed by atoms with Crippen LogP contribution in [0.5, 0.6) is 0 Å². The van der Waals surface area contributed by atoms with Gasteiger partial charge < -0.3 is 0 Å². The number of hydrazone groups is 2. The number of aromatic nitrogens is 2. The maximum Gasteiger partial charge on any atom is 0.236 e. The number of nitrogens with zero attached hydrogens (tertiary/aromatic N) is 6. The summed E-state index contributed by atoms with van der Waals surface area (Å²) < 4.78 is 0. The Hall–Kier alpha value is -1.92. The lowest BCUT2D eigenvalue weighted by Gasteiger charge is -2.19. The van der Waals surface area contributed by atoms with Crippen LogP contribution in [0.1, 0.15) is 11.9 Å². The van der Waals surface area contributed by atoms with E-state index in [0.29, 0.717) is 10.3 Å². The molecular weight excluding hydrogens is 314 g/mol. The Balaban J connectivity index is 1.49. The van der Waals surface area contributed by atoms with E-state index in [2.05, 4.69) is 31.1 Å². The van der Waals surface area contributed by atoms with E-state index in [1.165, 1.54) is 28.2 Å². The van der Waals surface area contributed by atoms with Crippen molar-refractivity contribution in [1.29, 1.82) is 0 Å². The summed E-state index contributed by atoms with van der Waals surface area (Å²) in [5.41, 5.74) is 2.82. The van der Waals surface area contributed by atoms with Gasteiger partial charge >= 0.3 is 0 Å². The second kappa shape index (κ2) is 5.83. The van der Waals surface area contributed by atoms with Crippen molar-refractivity contribution in [2.45, 2.75) is 19.6 Å². The van der Waals surface area contributed by atoms with Crippen LogP contribution in [-0.4, -0.2) is 49.7 Å². The van der Waals surface area contributed by atoms with E-state index in [4.69, 9.17) is 5.84 Å². The van der Waals surface area contributed by atoms with Gasteiger partial charge in [0.05, 0.1) is 5.75 Å². The number of thioether (sulfide) groups is 1. The van der Waals surface area contributed by atoms with Gasteiger partial charge in [0.1, 0.15) is 11.3 Å². The summed E-state index contributed by atoms with van der Waals surface area (Å²) in [7, 11) is 0. The average Bonchev–Trinajstić information content (AvgIpc) is 3.15. The standard InChI is InChI=1S/C9H13N9OS2/c1-2-6-13-14-7(21-6)12-5(19)3-20-9-16-15-8-17(9)4-11-18(8)10/h4,8,15H,2-3,10H2,1H3,(H,12,14,19). The number of aryl methyl sites for hydroxylation is 1. The molecule has 1 aromatic heterocycles. The number of hydrazine groups is 1. The summed E-state index contributed by atoms with van der Waals surface area (Å²) in [6.07, 6.45) is 2.05. The molecule has 2 aliphatic rings. The van der Waals surface area contributed by atoms with Gasteiger partial charge in [0.25, 0.3) is 0 Å². The average molecular weight is 327 g/mol. The van der Waals surface area contributed by atoms with Gasteiger partial charge in [-0.3, -0.25) is 20.4 Å². The maximum atomic E-state index is 11.9. The van der Waals surface area contributed by atoms with E-state index >= 15 is 0 Å². The molecule has 3 rings (SSSR count). The van der Waals surface area contributed by atoms with Crippen molar-refractivity contribution in [2.24, 2.45) is 16.0 Å². The van der Waals surface area contributed by atoms with Crippen LogP contribution >= 0.6 is 23.1 Å². The molecule has 0 saturated carbocycles. The van der Waals surface area contributed by atoms with Gasteiger partial charge in [0.2, 0.25) is 17.3 Å². The lowest BCUT2D eigenvalue weighted by atomic mass is 10.5. The molecule has 21 heavy (non-hydrogen) atoms. The van der Waals surface area contributed by atoms with Crippen LogP contribution in [0.2, 0.25) is 0 Å². The van der Waals surface area contributed by atoms with Crippen LogP contribution in [-0.2, 0) is 11.2 Å². The number of fused-ring (bicyclic) bond motifs is 1. The highest BCUT2D eigenvalue weighted by Crippen LogP contribution is 2.20. The molecule has 0 aromatic carbocycles. The Morgan fingerprint density at radius 3 is 3.24 bits per heavy atom. The van der Waals surface area contributed by atoms with Crippen LogP contribution in [0.15, 0.2) is 10.2 Å². The van der Waals surface area contributed by atoms with Crippen molar-refractivity contribution in [2.75, 3.05) is 11.1 Å². The minimum absolute atomic E-state index is 0.161. The molecule has 0 aliphatic carbocycles. The minimum atomic E-state index is -0.314. The third kappa shape index (κ3) is 2.91. The molecule has 112 valence electrons. The normalized spacial score (nSPS) is 19.5. The Morgan fingerprint density at radius 1 is 1.62 bits per heavy atom. The maximum absolute atomic E-state index is 11.9. The van der Waals surface area contributed by atoms with Gasteiger partial charge in [-0.05, 0) is 6.42 Å². The number of rotatable bonds is 4. The lowest BCUT2D eigenvalue weighted by Crippen LogP contribution is -2.47. The molecule has 0 fully saturated rings. The van der Waals surface area contributed by atoms with E-state index in [-0.39, 0.29) is 17.9 Å². The van der Waals surface area contributed by atoms with Crippen molar-refractivity contribution in [3.05, 3.63) is 5.01 Å². The number of anilines is 1. The molecule has 0 spiro atoms. The molecule has 1 aromatic rings. The van der Waals surface area contributed by atoms with Gasteiger partial charge in [-0.1, -0.05) is 30.0 Å². The SMILES string of the molecule is CCc1nnc(NC(=O)CSC2=NNC3N(N)N=CN23)s1. The molecule has 1 unspecified atom stereocenters. The number of amidine groups is 1. The number of hydrogen-bond acceptors (Lipinski definition) is 11. The van der Waals surface area contributed by atoms with Crippen LogP contribution in [0.4, 0.5) is 5.13 Å². The molecule has 12 heteroatoms. The van der Waals surface area contributed by atoms with Gasteiger partial charge in [-0.15, -0.1) is 15.3 Å². The summed E-state index contributed by atoms with van der Waals surface area (Å²) in [6, 6.07) is 0. The lowest BCUT2D eigenvalue weighted by molar-refractivity contribution is -0.113. The summed E-state index contributed by atoms with van der Waals surface area (Å²) in [5.74, 6) is 5.66. The van der Waals surface area contributed by atoms with Crippen LogP contribution in [0, 0.1) is 0 Å². The fourth-order valence-electron chi connectivity index (χ4n) is 1.65. The van der Waals surface area contributed by atoms with Crippen molar-refractivity contribution in [1.82, 2.24) is 25.6 Å². The number of nitrogens with one attached hydrogen (secondary N) is 2. The number of carbonyl (C=O) groups excluding carboxylic acids is 1. The molecule has 3 heterocycles. The topological polar surface area (TPSA) is 124 Å². The van der Waals surface area contributed by atoms with Crippen molar-refractivity contribution in [3.8, 4) is 0 Å². The van der Waals surface area contributed by atoms with Crippen LogP contribution in [0.3, 0.4) is 0 Å². The van der Waals surface area contributed by atoms with Crippen LogP contribution < -0.4 is 16.6 Å². The van der Waals surface area contributed by atoms with Gasteiger partial charge in [0.15, 0.2) is 5.17 Å². The summed E-state index contributed by atoms with van der Waals surface area (Å²) in [6.45, 7) is 1.99. The van der Waals surface area contributed by atoms with E-state index in [9.17, 15) is 4.79 Å². The Labute approximate surface area is 128 Å². The molecule has 2 aliphatic heterocycles. The molecule has 0 radical (unpaired) electrons. The van der Waals surface area contributed by atoms with Crippen molar-refractivity contribution in [3.63, 3.8) is 0 Å². The predicted octanol–water partition coefficient (Wildman–Crippen LogP) is -0.635. The molecule has 0 bridgehead atoms. The fourth-order valence-corrected chi connectivity index (χ4v) is 3.10. The molecule has 4 N–H and O–H groups in total. The van der Waals surface area contributed by atoms with E-state index < -0.39 is 0 Å². The molecule has 1 amide bonds. The number of nitrogens with two attached hydrogens (primary N) is 1. The van der Waals surface area contributed by atoms with Gasteiger partial charge in [-0.25, -0.2) is 5.84 Å². The van der Waals surface area contributed by atoms with Crippen LogP contribution in [0.25, 0.3) is 0 Å². The zero-order valence-electron chi connectivity index (χ0n) is 11.1. The second-order valence-corrected chi connectivity index (χ2v) is 6.11. The first-order valence-electron chi connectivity index (χ1n) is 6.12. The number of amides is 1. The first-order valence-corrected chi connectivity index (χ1v) is 7.92. The Bertz CT molecular complexity index is 600. The zero-order valence-corrected chi connectivity index (χ0v) is 12.7. The van der Waals surface area contributed by atoms with E-state index in [1.54, 1.807) is 11.2 Å². The number of hydrogen-bond donors (Lipinski definition) is 3. The predicted molar refractivity (Wildman–Crippen MR) is 81.1 cm³/mol. The molecular formula is C9H13N9OS2. The third-order valence-electron chi connectivity index (χ3n) is 2.67. The zero-order chi connectivity index (χ0) is 14.8. The van der Waals surface area contributed by atoms with E-state index in [1.807, 2.05) is 6.92 Å². The second-order valence-electron chi connectivity index (χ2n) is 4.11. The van der Waals surface area contributed by atoms with Crippen molar-refractivity contribution < 1.29 is 4.79 Å².